The molecule has 0 saturated heterocycles. The number of nitrogens with one attached hydrogen (secondary N) is 1. The van der Waals surface area contributed by atoms with Crippen molar-refractivity contribution in [1.82, 2.24) is 9.88 Å². The van der Waals surface area contributed by atoms with Gasteiger partial charge in [0, 0.05) is 19.3 Å². The van der Waals surface area contributed by atoms with Crippen molar-refractivity contribution in [3.05, 3.63) is 23.0 Å². The van der Waals surface area contributed by atoms with Crippen LogP contribution in [0.3, 0.4) is 0 Å². The van der Waals surface area contributed by atoms with Crippen LogP contribution < -0.4 is 5.32 Å². The zero-order chi connectivity index (χ0) is 15.1. The molecule has 1 rings (SSSR count). The lowest BCUT2D eigenvalue weighted by Crippen LogP contribution is -2.34. The third kappa shape index (κ3) is 4.56. The average Bonchev–Trinajstić information content (AvgIpc) is 2.75. The fourth-order valence-electron chi connectivity index (χ4n) is 2.06. The van der Waals surface area contributed by atoms with Gasteiger partial charge in [-0.25, -0.2) is 0 Å². The van der Waals surface area contributed by atoms with Crippen LogP contribution in [0.15, 0.2) is 12.3 Å². The third-order valence-corrected chi connectivity index (χ3v) is 3.26. The van der Waals surface area contributed by atoms with Crippen LogP contribution >= 0.6 is 11.6 Å². The summed E-state index contributed by atoms with van der Waals surface area (Å²) in [5.41, 5.74) is 0.470. The van der Waals surface area contributed by atoms with Crippen molar-refractivity contribution in [2.75, 3.05) is 6.54 Å². The maximum absolute atomic E-state index is 12.1. The summed E-state index contributed by atoms with van der Waals surface area (Å²) in [4.78, 5) is 23.1. The smallest absolute Gasteiger partial charge is 0.308 e. The molecule has 20 heavy (non-hydrogen) atoms. The molecule has 2 N–H and O–H groups in total. The fraction of sp³-hybridized carbons (Fsp3) is 0.571. The number of halogens is 1. The lowest BCUT2D eigenvalue weighted by Gasteiger charge is -2.13. The molecule has 0 aliphatic rings. The molecular formula is C14H21ClN2O3. The highest BCUT2D eigenvalue weighted by molar-refractivity contribution is 6.31. The Morgan fingerprint density at radius 2 is 2.10 bits per heavy atom. The molecule has 112 valence electrons. The summed E-state index contributed by atoms with van der Waals surface area (Å²) in [6, 6.07) is 1.60. The molecule has 0 saturated carbocycles. The van der Waals surface area contributed by atoms with Gasteiger partial charge in [0.15, 0.2) is 0 Å². The van der Waals surface area contributed by atoms with Crippen molar-refractivity contribution in [3.8, 4) is 0 Å². The molecule has 5 nitrogen and oxygen atoms in total. The van der Waals surface area contributed by atoms with Crippen molar-refractivity contribution in [2.24, 2.45) is 5.92 Å². The maximum atomic E-state index is 12.1. The quantitative estimate of drug-likeness (QED) is 0.775. The number of hydrogen-bond acceptors (Lipinski definition) is 2. The first-order valence-electron chi connectivity index (χ1n) is 6.86. The molecule has 1 heterocycles. The average molecular weight is 301 g/mol. The molecule has 0 bridgehead atoms. The molecule has 1 unspecified atom stereocenters. The number of hydrogen-bond donors (Lipinski definition) is 2. The number of carboxylic acid groups (broad SMARTS) is 1. The summed E-state index contributed by atoms with van der Waals surface area (Å²) < 4.78 is 1.78. The van der Waals surface area contributed by atoms with Gasteiger partial charge in [-0.1, -0.05) is 31.9 Å². The molecule has 6 heteroatoms. The minimum atomic E-state index is -0.880. The second-order valence-electron chi connectivity index (χ2n) is 4.77. The van der Waals surface area contributed by atoms with E-state index < -0.39 is 11.9 Å². The number of aryl methyl sites for hydroxylation is 1. The van der Waals surface area contributed by atoms with Gasteiger partial charge in [-0.3, -0.25) is 9.59 Å². The first-order chi connectivity index (χ1) is 9.49. The van der Waals surface area contributed by atoms with Crippen LogP contribution in [-0.4, -0.2) is 28.1 Å². The Morgan fingerprint density at radius 1 is 1.40 bits per heavy atom. The minimum absolute atomic E-state index is 0.136. The fourth-order valence-corrected chi connectivity index (χ4v) is 2.28. The van der Waals surface area contributed by atoms with Gasteiger partial charge in [-0.2, -0.15) is 0 Å². The van der Waals surface area contributed by atoms with E-state index in [4.69, 9.17) is 16.7 Å². The van der Waals surface area contributed by atoms with Crippen LogP contribution in [0.25, 0.3) is 0 Å². The zero-order valence-corrected chi connectivity index (χ0v) is 12.6. The number of carboxylic acids is 1. The van der Waals surface area contributed by atoms with Gasteiger partial charge in [-0.15, -0.1) is 0 Å². The maximum Gasteiger partial charge on any atom is 0.308 e. The molecule has 0 spiro atoms. The predicted molar refractivity (Wildman–Crippen MR) is 78.1 cm³/mol. The number of aliphatic carboxylic acids is 1. The van der Waals surface area contributed by atoms with Crippen LogP contribution in [0, 0.1) is 5.92 Å². The second kappa shape index (κ2) is 7.94. The van der Waals surface area contributed by atoms with Crippen molar-refractivity contribution < 1.29 is 14.7 Å². The minimum Gasteiger partial charge on any atom is -0.481 e. The molecule has 1 aromatic heterocycles. The Morgan fingerprint density at radius 3 is 2.65 bits per heavy atom. The highest BCUT2D eigenvalue weighted by Gasteiger charge is 2.19. The summed E-state index contributed by atoms with van der Waals surface area (Å²) in [6.45, 7) is 4.77. The molecule has 0 aromatic carbocycles. The van der Waals surface area contributed by atoms with Gasteiger partial charge in [-0.05, 0) is 18.9 Å². The SMILES string of the molecule is CCCC(CNC(=O)c1cc(Cl)cn1CCC)C(=O)O. The van der Waals surface area contributed by atoms with Crippen molar-refractivity contribution in [1.29, 1.82) is 0 Å². The van der Waals surface area contributed by atoms with E-state index in [0.717, 1.165) is 12.8 Å². The highest BCUT2D eigenvalue weighted by Crippen LogP contribution is 2.15. The monoisotopic (exact) mass is 300 g/mol. The van der Waals surface area contributed by atoms with Gasteiger partial charge in [0.1, 0.15) is 5.69 Å². The highest BCUT2D eigenvalue weighted by atomic mass is 35.5. The molecule has 0 radical (unpaired) electrons. The van der Waals surface area contributed by atoms with Crippen LogP contribution in [0.5, 0.6) is 0 Å². The van der Waals surface area contributed by atoms with Gasteiger partial charge in [0.25, 0.3) is 5.91 Å². The van der Waals surface area contributed by atoms with Crippen LogP contribution in [0.4, 0.5) is 0 Å². The number of amides is 1. The van der Waals surface area contributed by atoms with E-state index in [-0.39, 0.29) is 12.5 Å². The molecule has 1 atom stereocenters. The first kappa shape index (κ1) is 16.6. The predicted octanol–water partition coefficient (Wildman–Crippen LogP) is 2.78. The van der Waals surface area contributed by atoms with E-state index >= 15 is 0 Å². The number of rotatable bonds is 8. The van der Waals surface area contributed by atoms with E-state index in [0.29, 0.717) is 23.7 Å². The van der Waals surface area contributed by atoms with E-state index in [9.17, 15) is 9.59 Å². The van der Waals surface area contributed by atoms with Crippen molar-refractivity contribution >= 4 is 23.5 Å². The van der Waals surface area contributed by atoms with E-state index in [1.165, 1.54) is 0 Å². The summed E-state index contributed by atoms with van der Waals surface area (Å²) in [7, 11) is 0. The van der Waals surface area contributed by atoms with E-state index in [2.05, 4.69) is 5.32 Å². The van der Waals surface area contributed by atoms with E-state index in [1.54, 1.807) is 16.8 Å². The molecule has 0 aliphatic heterocycles. The number of aromatic nitrogens is 1. The van der Waals surface area contributed by atoms with Gasteiger partial charge in [0.2, 0.25) is 0 Å². The Labute approximate surface area is 123 Å². The summed E-state index contributed by atoms with van der Waals surface area (Å²) in [6.07, 6.45) is 3.91. The Hall–Kier alpha value is -1.49. The molecule has 1 amide bonds. The Bertz CT molecular complexity index is 471. The largest absolute Gasteiger partial charge is 0.481 e. The Balaban J connectivity index is 2.68. The number of carbonyl (C=O) groups excluding carboxylic acids is 1. The van der Waals surface area contributed by atoms with Gasteiger partial charge in [0.05, 0.1) is 10.9 Å². The first-order valence-corrected chi connectivity index (χ1v) is 7.24. The lowest BCUT2D eigenvalue weighted by molar-refractivity contribution is -0.141. The van der Waals surface area contributed by atoms with Crippen molar-refractivity contribution in [2.45, 2.75) is 39.7 Å². The second-order valence-corrected chi connectivity index (χ2v) is 5.21. The third-order valence-electron chi connectivity index (χ3n) is 3.06. The standard InChI is InChI=1S/C14H21ClN2O3/c1-3-5-10(14(19)20)8-16-13(18)12-7-11(15)9-17(12)6-4-2/h7,9-10H,3-6,8H2,1-2H3,(H,16,18)(H,19,20). The summed E-state index contributed by atoms with van der Waals surface area (Å²) in [5.74, 6) is -1.71. The molecule has 0 aliphatic carbocycles. The molecular weight excluding hydrogens is 280 g/mol. The summed E-state index contributed by atoms with van der Waals surface area (Å²) >= 11 is 5.91. The normalized spacial score (nSPS) is 12.2. The van der Waals surface area contributed by atoms with Crippen molar-refractivity contribution in [3.63, 3.8) is 0 Å². The molecule has 0 fully saturated rings. The van der Waals surface area contributed by atoms with Crippen LogP contribution in [0.1, 0.15) is 43.6 Å². The molecule has 1 aromatic rings. The summed E-state index contributed by atoms with van der Waals surface area (Å²) in [5, 5.41) is 12.2. The van der Waals surface area contributed by atoms with Gasteiger partial charge >= 0.3 is 5.97 Å². The number of carbonyl (C=O) groups is 2. The zero-order valence-electron chi connectivity index (χ0n) is 11.9. The van der Waals surface area contributed by atoms with Gasteiger partial charge < -0.3 is 15.0 Å². The Kier molecular flexibility index (Phi) is 6.58. The van der Waals surface area contributed by atoms with Crippen LogP contribution in [0.2, 0.25) is 5.02 Å². The van der Waals surface area contributed by atoms with Crippen LogP contribution in [-0.2, 0) is 11.3 Å². The lowest BCUT2D eigenvalue weighted by atomic mass is 10.0. The van der Waals surface area contributed by atoms with E-state index in [1.807, 2.05) is 13.8 Å². The number of nitrogens with zero attached hydrogens (tertiary/aromatic N) is 1. The topological polar surface area (TPSA) is 71.3 Å².